The third-order valence-corrected chi connectivity index (χ3v) is 2.70. The average Bonchev–Trinajstić information content (AvgIpc) is 3.19. The fourth-order valence-corrected chi connectivity index (χ4v) is 1.58. The molecule has 3 amide bonds. The summed E-state index contributed by atoms with van der Waals surface area (Å²) in [6.07, 6.45) is 1.98. The maximum atomic E-state index is 11.7. The molecule has 106 valence electrons. The van der Waals surface area contributed by atoms with Crippen molar-refractivity contribution in [1.29, 1.82) is 0 Å². The van der Waals surface area contributed by atoms with E-state index >= 15 is 0 Å². The number of nitrogens with one attached hydrogen (secondary N) is 3. The molecule has 0 saturated heterocycles. The van der Waals surface area contributed by atoms with Crippen molar-refractivity contribution in [2.75, 3.05) is 11.9 Å². The number of carboxylic acid groups (broad SMARTS) is 1. The van der Waals surface area contributed by atoms with Gasteiger partial charge in [-0.05, 0) is 31.0 Å². The summed E-state index contributed by atoms with van der Waals surface area (Å²) in [5.74, 6) is -1.62. The van der Waals surface area contributed by atoms with E-state index in [1.807, 2.05) is 0 Å². The zero-order valence-corrected chi connectivity index (χ0v) is 10.7. The molecule has 0 atom stereocenters. The molecular formula is C13H15N3O4. The van der Waals surface area contributed by atoms with Gasteiger partial charge in [0, 0.05) is 17.3 Å². The zero-order chi connectivity index (χ0) is 14.5. The summed E-state index contributed by atoms with van der Waals surface area (Å²) in [5.41, 5.74) is 0.765. The van der Waals surface area contributed by atoms with Gasteiger partial charge in [0.05, 0.1) is 0 Å². The Labute approximate surface area is 115 Å². The van der Waals surface area contributed by atoms with Crippen LogP contribution in [0.15, 0.2) is 24.3 Å². The van der Waals surface area contributed by atoms with Crippen LogP contribution in [0.25, 0.3) is 0 Å². The molecular weight excluding hydrogens is 262 g/mol. The molecule has 0 radical (unpaired) electrons. The first-order chi connectivity index (χ1) is 9.54. The zero-order valence-electron chi connectivity index (χ0n) is 10.7. The molecule has 1 aromatic rings. The van der Waals surface area contributed by atoms with Crippen LogP contribution in [0.2, 0.25) is 0 Å². The van der Waals surface area contributed by atoms with Crippen molar-refractivity contribution in [3.8, 4) is 0 Å². The van der Waals surface area contributed by atoms with E-state index in [4.69, 9.17) is 5.11 Å². The Balaban J connectivity index is 1.93. The SMILES string of the molecule is O=C(O)CNC(=O)c1cccc(NC(=O)NC2CC2)c1. The van der Waals surface area contributed by atoms with Crippen LogP contribution in [0, 0.1) is 0 Å². The number of anilines is 1. The molecule has 1 saturated carbocycles. The normalized spacial score (nSPS) is 13.4. The molecule has 7 heteroatoms. The van der Waals surface area contributed by atoms with Crippen molar-refractivity contribution in [2.24, 2.45) is 0 Å². The van der Waals surface area contributed by atoms with Crippen molar-refractivity contribution in [3.63, 3.8) is 0 Å². The Kier molecular flexibility index (Phi) is 4.19. The van der Waals surface area contributed by atoms with Crippen LogP contribution < -0.4 is 16.0 Å². The lowest BCUT2D eigenvalue weighted by Crippen LogP contribution is -2.31. The number of benzene rings is 1. The first kappa shape index (κ1) is 13.9. The molecule has 0 bridgehead atoms. The van der Waals surface area contributed by atoms with E-state index in [9.17, 15) is 14.4 Å². The Morgan fingerprint density at radius 1 is 1.25 bits per heavy atom. The van der Waals surface area contributed by atoms with Crippen LogP contribution in [0.1, 0.15) is 23.2 Å². The van der Waals surface area contributed by atoms with Crippen LogP contribution in [0.3, 0.4) is 0 Å². The quantitative estimate of drug-likeness (QED) is 0.638. The van der Waals surface area contributed by atoms with Gasteiger partial charge in [-0.3, -0.25) is 9.59 Å². The fraction of sp³-hybridized carbons (Fsp3) is 0.308. The van der Waals surface area contributed by atoms with Crippen LogP contribution >= 0.6 is 0 Å². The summed E-state index contributed by atoms with van der Waals surface area (Å²) in [5, 5.41) is 16.1. The fourth-order valence-electron chi connectivity index (χ4n) is 1.58. The molecule has 0 heterocycles. The van der Waals surface area contributed by atoms with E-state index < -0.39 is 18.4 Å². The molecule has 0 aromatic heterocycles. The van der Waals surface area contributed by atoms with E-state index in [0.29, 0.717) is 5.69 Å². The van der Waals surface area contributed by atoms with Gasteiger partial charge in [0.25, 0.3) is 5.91 Å². The van der Waals surface area contributed by atoms with Crippen molar-refractivity contribution in [3.05, 3.63) is 29.8 Å². The minimum absolute atomic E-state index is 0.247. The van der Waals surface area contributed by atoms with Gasteiger partial charge in [-0.15, -0.1) is 0 Å². The molecule has 20 heavy (non-hydrogen) atoms. The van der Waals surface area contributed by atoms with Gasteiger partial charge in [0.2, 0.25) is 0 Å². The minimum Gasteiger partial charge on any atom is -0.480 e. The number of carbonyl (C=O) groups excluding carboxylic acids is 2. The van der Waals surface area contributed by atoms with Gasteiger partial charge in [0.15, 0.2) is 0 Å². The highest BCUT2D eigenvalue weighted by Gasteiger charge is 2.23. The number of carbonyl (C=O) groups is 3. The second-order valence-electron chi connectivity index (χ2n) is 4.53. The van der Waals surface area contributed by atoms with Crippen molar-refractivity contribution in [1.82, 2.24) is 10.6 Å². The molecule has 1 fully saturated rings. The number of carboxylic acids is 1. The monoisotopic (exact) mass is 277 g/mol. The number of hydrogen-bond donors (Lipinski definition) is 4. The lowest BCUT2D eigenvalue weighted by molar-refractivity contribution is -0.135. The summed E-state index contributed by atoms with van der Waals surface area (Å²) in [4.78, 5) is 33.6. The number of urea groups is 1. The Bertz CT molecular complexity index is 540. The predicted molar refractivity (Wildman–Crippen MR) is 71.6 cm³/mol. The van der Waals surface area contributed by atoms with Gasteiger partial charge < -0.3 is 21.1 Å². The van der Waals surface area contributed by atoms with Crippen LogP contribution in [0.4, 0.5) is 10.5 Å². The van der Waals surface area contributed by atoms with Gasteiger partial charge >= 0.3 is 12.0 Å². The predicted octanol–water partition coefficient (Wildman–Crippen LogP) is 0.785. The number of rotatable bonds is 5. The molecule has 1 aliphatic carbocycles. The molecule has 1 aromatic carbocycles. The molecule has 0 aliphatic heterocycles. The standard InChI is InChI=1S/C13H15N3O4/c17-11(18)7-14-12(19)8-2-1-3-10(6-8)16-13(20)15-9-4-5-9/h1-3,6,9H,4-5,7H2,(H,14,19)(H,17,18)(H2,15,16,20). The summed E-state index contributed by atoms with van der Waals surface area (Å²) in [6, 6.07) is 6.24. The largest absolute Gasteiger partial charge is 0.480 e. The highest BCUT2D eigenvalue weighted by molar-refractivity contribution is 5.98. The van der Waals surface area contributed by atoms with Gasteiger partial charge in [-0.1, -0.05) is 6.07 Å². The third kappa shape index (κ3) is 4.27. The van der Waals surface area contributed by atoms with E-state index in [-0.39, 0.29) is 17.6 Å². The second kappa shape index (κ2) is 6.05. The molecule has 4 N–H and O–H groups in total. The molecule has 0 unspecified atom stereocenters. The van der Waals surface area contributed by atoms with Gasteiger partial charge in [-0.25, -0.2) is 4.79 Å². The third-order valence-electron chi connectivity index (χ3n) is 2.70. The maximum absolute atomic E-state index is 11.7. The molecule has 0 spiro atoms. The van der Waals surface area contributed by atoms with Crippen molar-refractivity contribution >= 4 is 23.6 Å². The van der Waals surface area contributed by atoms with Gasteiger partial charge in [-0.2, -0.15) is 0 Å². The first-order valence-corrected chi connectivity index (χ1v) is 6.22. The Morgan fingerprint density at radius 2 is 2.00 bits per heavy atom. The highest BCUT2D eigenvalue weighted by Crippen LogP contribution is 2.19. The van der Waals surface area contributed by atoms with E-state index in [2.05, 4.69) is 16.0 Å². The maximum Gasteiger partial charge on any atom is 0.322 e. The second-order valence-corrected chi connectivity index (χ2v) is 4.53. The highest BCUT2D eigenvalue weighted by atomic mass is 16.4. The average molecular weight is 277 g/mol. The Morgan fingerprint density at radius 3 is 2.65 bits per heavy atom. The summed E-state index contributed by atoms with van der Waals surface area (Å²) in [7, 11) is 0. The topological polar surface area (TPSA) is 108 Å². The number of amides is 3. The Hall–Kier alpha value is -2.57. The van der Waals surface area contributed by atoms with Crippen LogP contribution in [-0.2, 0) is 4.79 Å². The number of hydrogen-bond acceptors (Lipinski definition) is 3. The van der Waals surface area contributed by atoms with E-state index in [1.54, 1.807) is 18.2 Å². The molecule has 1 aliphatic rings. The summed E-state index contributed by atoms with van der Waals surface area (Å²) in [6.45, 7) is -0.446. The summed E-state index contributed by atoms with van der Waals surface area (Å²) < 4.78 is 0. The van der Waals surface area contributed by atoms with Crippen molar-refractivity contribution < 1.29 is 19.5 Å². The van der Waals surface area contributed by atoms with E-state index in [1.165, 1.54) is 6.07 Å². The first-order valence-electron chi connectivity index (χ1n) is 6.22. The molecule has 2 rings (SSSR count). The van der Waals surface area contributed by atoms with Gasteiger partial charge in [0.1, 0.15) is 6.54 Å². The lowest BCUT2D eigenvalue weighted by atomic mass is 10.2. The minimum atomic E-state index is -1.11. The van der Waals surface area contributed by atoms with Crippen LogP contribution in [0.5, 0.6) is 0 Å². The lowest BCUT2D eigenvalue weighted by Gasteiger charge is -2.08. The van der Waals surface area contributed by atoms with Crippen LogP contribution in [-0.4, -0.2) is 35.6 Å². The van der Waals surface area contributed by atoms with Crippen molar-refractivity contribution in [2.45, 2.75) is 18.9 Å². The smallest absolute Gasteiger partial charge is 0.322 e. The summed E-state index contributed by atoms with van der Waals surface area (Å²) >= 11 is 0. The van der Waals surface area contributed by atoms with E-state index in [0.717, 1.165) is 12.8 Å². The number of aliphatic carboxylic acids is 1. The molecule has 7 nitrogen and oxygen atoms in total.